The second-order valence-corrected chi connectivity index (χ2v) is 4.72. The summed E-state index contributed by atoms with van der Waals surface area (Å²) in [7, 11) is 0. The zero-order valence-corrected chi connectivity index (χ0v) is 10.6. The van der Waals surface area contributed by atoms with Gasteiger partial charge in [0.1, 0.15) is 0 Å². The van der Waals surface area contributed by atoms with Gasteiger partial charge in [0.25, 0.3) is 5.91 Å². The van der Waals surface area contributed by atoms with E-state index in [4.69, 9.17) is 11.6 Å². The summed E-state index contributed by atoms with van der Waals surface area (Å²) in [6, 6.07) is 7.30. The average molecular weight is 267 g/mol. The highest BCUT2D eigenvalue weighted by molar-refractivity contribution is 7.09. The van der Waals surface area contributed by atoms with Crippen LogP contribution in [-0.2, 0) is 12.4 Å². The molecule has 0 saturated carbocycles. The molecule has 0 aliphatic carbocycles. The number of rotatable bonds is 4. The van der Waals surface area contributed by atoms with Gasteiger partial charge in [-0.15, -0.1) is 22.9 Å². The fourth-order valence-electron chi connectivity index (χ4n) is 1.39. The van der Waals surface area contributed by atoms with Crippen molar-refractivity contribution in [3.05, 3.63) is 52.0 Å². The van der Waals surface area contributed by atoms with Crippen molar-refractivity contribution in [1.82, 2.24) is 10.3 Å². The molecule has 3 nitrogen and oxygen atoms in total. The van der Waals surface area contributed by atoms with Crippen LogP contribution in [-0.4, -0.2) is 10.9 Å². The third-order valence-electron chi connectivity index (χ3n) is 2.25. The zero-order chi connectivity index (χ0) is 12.1. The minimum absolute atomic E-state index is 0.0923. The van der Waals surface area contributed by atoms with Gasteiger partial charge in [-0.05, 0) is 17.7 Å². The maximum Gasteiger partial charge on any atom is 0.251 e. The molecule has 1 N–H and O–H groups in total. The molecule has 0 spiro atoms. The monoisotopic (exact) mass is 266 g/mol. The predicted octanol–water partition coefficient (Wildman–Crippen LogP) is 2.81. The van der Waals surface area contributed by atoms with Crippen LogP contribution in [0, 0.1) is 0 Å². The Hall–Kier alpha value is -1.39. The van der Waals surface area contributed by atoms with E-state index in [0.29, 0.717) is 18.0 Å². The lowest BCUT2D eigenvalue weighted by atomic mass is 10.1. The molecule has 1 amide bonds. The van der Waals surface area contributed by atoms with Gasteiger partial charge in [0.05, 0.1) is 12.1 Å². The normalized spacial score (nSPS) is 10.2. The molecular formula is C12H11ClN2OS. The SMILES string of the molecule is O=C(NCc1cncs1)c1cccc(CCl)c1. The Morgan fingerprint density at radius 2 is 2.35 bits per heavy atom. The first kappa shape index (κ1) is 12.1. The van der Waals surface area contributed by atoms with Gasteiger partial charge in [0.15, 0.2) is 0 Å². The smallest absolute Gasteiger partial charge is 0.251 e. The average Bonchev–Trinajstić information content (AvgIpc) is 2.89. The van der Waals surface area contributed by atoms with E-state index in [-0.39, 0.29) is 5.91 Å². The molecule has 88 valence electrons. The van der Waals surface area contributed by atoms with E-state index < -0.39 is 0 Å². The van der Waals surface area contributed by atoms with Gasteiger partial charge >= 0.3 is 0 Å². The van der Waals surface area contributed by atoms with E-state index in [2.05, 4.69) is 10.3 Å². The number of benzene rings is 1. The Labute approximate surface area is 108 Å². The van der Waals surface area contributed by atoms with Crippen LogP contribution in [0.3, 0.4) is 0 Å². The number of aromatic nitrogens is 1. The number of carbonyl (C=O) groups is 1. The largest absolute Gasteiger partial charge is 0.347 e. The molecule has 5 heteroatoms. The Kier molecular flexibility index (Phi) is 4.12. The Balaban J connectivity index is 1.99. The van der Waals surface area contributed by atoms with E-state index in [1.807, 2.05) is 12.1 Å². The lowest BCUT2D eigenvalue weighted by Gasteiger charge is -2.04. The van der Waals surface area contributed by atoms with Gasteiger partial charge in [-0.2, -0.15) is 0 Å². The lowest BCUT2D eigenvalue weighted by Crippen LogP contribution is -2.22. The summed E-state index contributed by atoms with van der Waals surface area (Å²) in [6.07, 6.45) is 1.75. The van der Waals surface area contributed by atoms with Crippen molar-refractivity contribution in [3.63, 3.8) is 0 Å². The highest BCUT2D eigenvalue weighted by Gasteiger charge is 2.06. The van der Waals surface area contributed by atoms with Crippen LogP contribution in [0.5, 0.6) is 0 Å². The lowest BCUT2D eigenvalue weighted by molar-refractivity contribution is 0.0951. The molecule has 0 fully saturated rings. The third kappa shape index (κ3) is 3.28. The topological polar surface area (TPSA) is 42.0 Å². The van der Waals surface area contributed by atoms with Crippen molar-refractivity contribution in [2.45, 2.75) is 12.4 Å². The molecule has 0 unspecified atom stereocenters. The second kappa shape index (κ2) is 5.80. The number of alkyl halides is 1. The molecule has 17 heavy (non-hydrogen) atoms. The standard InChI is InChI=1S/C12H11ClN2OS/c13-5-9-2-1-3-10(4-9)12(16)15-7-11-6-14-8-17-11/h1-4,6,8H,5,7H2,(H,15,16). The van der Waals surface area contributed by atoms with E-state index in [1.165, 1.54) is 11.3 Å². The Morgan fingerprint density at radius 3 is 3.06 bits per heavy atom. The first-order valence-electron chi connectivity index (χ1n) is 5.10. The van der Waals surface area contributed by atoms with E-state index in [0.717, 1.165) is 10.4 Å². The highest BCUT2D eigenvalue weighted by atomic mass is 35.5. The summed E-state index contributed by atoms with van der Waals surface area (Å²) >= 11 is 7.24. The number of nitrogens with zero attached hydrogens (tertiary/aromatic N) is 1. The number of hydrogen-bond donors (Lipinski definition) is 1. The number of hydrogen-bond acceptors (Lipinski definition) is 3. The first-order valence-corrected chi connectivity index (χ1v) is 6.51. The molecule has 2 rings (SSSR count). The zero-order valence-electron chi connectivity index (χ0n) is 9.02. The number of amides is 1. The molecule has 0 atom stereocenters. The van der Waals surface area contributed by atoms with Crippen molar-refractivity contribution in [1.29, 1.82) is 0 Å². The van der Waals surface area contributed by atoms with Crippen LogP contribution in [0.2, 0.25) is 0 Å². The van der Waals surface area contributed by atoms with Crippen LogP contribution < -0.4 is 5.32 Å². The Bertz CT molecular complexity index is 499. The molecule has 0 bridgehead atoms. The molecular weight excluding hydrogens is 256 g/mol. The van der Waals surface area contributed by atoms with Crippen molar-refractivity contribution in [2.75, 3.05) is 0 Å². The fraction of sp³-hybridized carbons (Fsp3) is 0.167. The molecule has 1 aromatic heterocycles. The first-order chi connectivity index (χ1) is 8.29. The van der Waals surface area contributed by atoms with Crippen molar-refractivity contribution < 1.29 is 4.79 Å². The number of thiazole rings is 1. The van der Waals surface area contributed by atoms with Gasteiger partial charge < -0.3 is 5.32 Å². The summed E-state index contributed by atoms with van der Waals surface area (Å²) in [4.78, 5) is 16.8. The van der Waals surface area contributed by atoms with Crippen LogP contribution in [0.1, 0.15) is 20.8 Å². The molecule has 0 saturated heterocycles. The van der Waals surface area contributed by atoms with Crippen molar-refractivity contribution >= 4 is 28.8 Å². The van der Waals surface area contributed by atoms with Gasteiger partial charge in [0, 0.05) is 22.5 Å². The summed E-state index contributed by atoms with van der Waals surface area (Å²) in [5, 5.41) is 2.84. The van der Waals surface area contributed by atoms with Crippen LogP contribution >= 0.6 is 22.9 Å². The van der Waals surface area contributed by atoms with Crippen LogP contribution in [0.4, 0.5) is 0 Å². The summed E-state index contributed by atoms with van der Waals surface area (Å²) in [6.45, 7) is 0.509. The maximum absolute atomic E-state index is 11.8. The minimum Gasteiger partial charge on any atom is -0.347 e. The molecule has 2 aromatic rings. The molecule has 1 aromatic carbocycles. The number of nitrogens with one attached hydrogen (secondary N) is 1. The summed E-state index contributed by atoms with van der Waals surface area (Å²) < 4.78 is 0. The fourth-order valence-corrected chi connectivity index (χ4v) is 2.10. The Morgan fingerprint density at radius 1 is 1.47 bits per heavy atom. The van der Waals surface area contributed by atoms with E-state index >= 15 is 0 Å². The van der Waals surface area contributed by atoms with Crippen molar-refractivity contribution in [3.8, 4) is 0 Å². The molecule has 0 aliphatic heterocycles. The summed E-state index contributed by atoms with van der Waals surface area (Å²) in [5.41, 5.74) is 3.32. The van der Waals surface area contributed by atoms with Crippen LogP contribution in [0.25, 0.3) is 0 Å². The van der Waals surface area contributed by atoms with Gasteiger partial charge in [-0.25, -0.2) is 0 Å². The highest BCUT2D eigenvalue weighted by Crippen LogP contribution is 2.09. The minimum atomic E-state index is -0.0923. The number of halogens is 1. The van der Waals surface area contributed by atoms with Crippen molar-refractivity contribution in [2.24, 2.45) is 0 Å². The third-order valence-corrected chi connectivity index (χ3v) is 3.34. The molecule has 1 heterocycles. The maximum atomic E-state index is 11.8. The number of carbonyl (C=O) groups excluding carboxylic acids is 1. The quantitative estimate of drug-likeness (QED) is 0.865. The van der Waals surface area contributed by atoms with Gasteiger partial charge in [-0.3, -0.25) is 9.78 Å². The molecule has 0 aliphatic rings. The van der Waals surface area contributed by atoms with E-state index in [1.54, 1.807) is 23.8 Å². The summed E-state index contributed by atoms with van der Waals surface area (Å²) in [5.74, 6) is 0.320. The molecule has 0 radical (unpaired) electrons. The van der Waals surface area contributed by atoms with Crippen LogP contribution in [0.15, 0.2) is 36.0 Å². The second-order valence-electron chi connectivity index (χ2n) is 3.48. The van der Waals surface area contributed by atoms with Gasteiger partial charge in [-0.1, -0.05) is 12.1 Å². The van der Waals surface area contributed by atoms with E-state index in [9.17, 15) is 4.79 Å². The predicted molar refractivity (Wildman–Crippen MR) is 69.3 cm³/mol. The van der Waals surface area contributed by atoms with Gasteiger partial charge in [0.2, 0.25) is 0 Å².